The van der Waals surface area contributed by atoms with E-state index in [1.165, 1.54) is 0 Å². The average Bonchev–Trinajstić information content (AvgIpc) is 3.16. The van der Waals surface area contributed by atoms with Gasteiger partial charge >= 0.3 is 0 Å². The van der Waals surface area contributed by atoms with Gasteiger partial charge < -0.3 is 14.6 Å². The number of hydrogen-bond acceptors (Lipinski definition) is 3. The number of epoxide rings is 1. The predicted octanol–water partition coefficient (Wildman–Crippen LogP) is 2.36. The number of aliphatic hydroxyl groups excluding tert-OH is 1. The Labute approximate surface area is 105 Å². The highest BCUT2D eigenvalue weighted by atomic mass is 16.8. The Bertz CT molecular complexity index is 596. The molecule has 2 aliphatic rings. The molecule has 2 aliphatic heterocycles. The molecule has 0 aliphatic carbocycles. The molecule has 0 spiro atoms. The molecule has 0 amide bonds. The number of rotatable bonds is 1. The first-order valence-corrected chi connectivity index (χ1v) is 5.99. The first-order chi connectivity index (χ1) is 8.82. The second kappa shape index (κ2) is 3.34. The van der Waals surface area contributed by atoms with E-state index >= 15 is 0 Å². The predicted molar refractivity (Wildman–Crippen MR) is 65.0 cm³/mol. The van der Waals surface area contributed by atoms with Crippen LogP contribution in [0.4, 0.5) is 0 Å². The van der Waals surface area contributed by atoms with Crippen molar-refractivity contribution < 1.29 is 14.6 Å². The number of aliphatic hydroxyl groups is 1. The third kappa shape index (κ3) is 1.15. The Kier molecular flexibility index (Phi) is 1.88. The summed E-state index contributed by atoms with van der Waals surface area (Å²) in [5.41, 5.74) is 1.02. The van der Waals surface area contributed by atoms with Crippen molar-refractivity contribution in [3.8, 4) is 5.75 Å². The van der Waals surface area contributed by atoms with Gasteiger partial charge in [-0.1, -0.05) is 48.5 Å². The fraction of sp³-hybridized carbons (Fsp3) is 0.200. The zero-order chi connectivity index (χ0) is 12.2. The smallest absolute Gasteiger partial charge is 0.237 e. The SMILES string of the molecule is O[C@@H]1c2ccccc2O[C@@H]2O[C@@]21c1ccccc1. The van der Waals surface area contributed by atoms with Crippen LogP contribution in [0.1, 0.15) is 17.2 Å². The highest BCUT2D eigenvalue weighted by Crippen LogP contribution is 2.59. The minimum absolute atomic E-state index is 0.384. The van der Waals surface area contributed by atoms with Crippen LogP contribution in [0, 0.1) is 0 Å². The summed E-state index contributed by atoms with van der Waals surface area (Å²) in [7, 11) is 0. The molecule has 3 nitrogen and oxygen atoms in total. The number of para-hydroxylation sites is 1. The van der Waals surface area contributed by atoms with Gasteiger partial charge in [-0.2, -0.15) is 0 Å². The fourth-order valence-corrected chi connectivity index (χ4v) is 2.67. The van der Waals surface area contributed by atoms with Crippen LogP contribution in [0.5, 0.6) is 5.75 Å². The van der Waals surface area contributed by atoms with Crippen molar-refractivity contribution in [2.24, 2.45) is 0 Å². The summed E-state index contributed by atoms with van der Waals surface area (Å²) in [6, 6.07) is 17.3. The van der Waals surface area contributed by atoms with Crippen molar-refractivity contribution >= 4 is 0 Å². The highest BCUT2D eigenvalue weighted by molar-refractivity contribution is 5.45. The van der Waals surface area contributed by atoms with E-state index < -0.39 is 11.7 Å². The van der Waals surface area contributed by atoms with Crippen LogP contribution in [0.2, 0.25) is 0 Å². The average molecular weight is 240 g/mol. The van der Waals surface area contributed by atoms with E-state index in [0.717, 1.165) is 11.1 Å². The van der Waals surface area contributed by atoms with E-state index in [4.69, 9.17) is 9.47 Å². The Balaban J connectivity index is 1.84. The van der Waals surface area contributed by atoms with Gasteiger partial charge in [0.25, 0.3) is 0 Å². The van der Waals surface area contributed by atoms with Gasteiger partial charge in [-0.05, 0) is 11.6 Å². The van der Waals surface area contributed by atoms with Crippen molar-refractivity contribution in [1.82, 2.24) is 0 Å². The van der Waals surface area contributed by atoms with Crippen molar-refractivity contribution in [3.05, 3.63) is 65.7 Å². The standard InChI is InChI=1S/C15H12O3/c16-13-11-8-4-5-9-12(11)17-14-15(13,18-14)10-6-2-1-3-7-10/h1-9,13-14,16H/t13-,14-,15-/m1/s1. The maximum absolute atomic E-state index is 10.6. The van der Waals surface area contributed by atoms with Gasteiger partial charge in [-0.3, -0.25) is 0 Å². The molecule has 0 radical (unpaired) electrons. The molecule has 0 aromatic heterocycles. The van der Waals surface area contributed by atoms with E-state index in [2.05, 4.69) is 0 Å². The molecule has 2 aromatic carbocycles. The third-order valence-electron chi connectivity index (χ3n) is 3.67. The molecule has 90 valence electrons. The molecule has 18 heavy (non-hydrogen) atoms. The van der Waals surface area contributed by atoms with Crippen LogP contribution < -0.4 is 4.74 Å². The topological polar surface area (TPSA) is 42.0 Å². The maximum atomic E-state index is 10.6. The summed E-state index contributed by atoms with van der Waals surface area (Å²) in [4.78, 5) is 0. The van der Waals surface area contributed by atoms with Crippen molar-refractivity contribution in [2.45, 2.75) is 18.0 Å². The zero-order valence-corrected chi connectivity index (χ0v) is 9.61. The van der Waals surface area contributed by atoms with Crippen LogP contribution in [0.3, 0.4) is 0 Å². The minimum atomic E-state index is -0.727. The second-order valence-corrected chi connectivity index (χ2v) is 4.67. The monoisotopic (exact) mass is 240 g/mol. The zero-order valence-electron chi connectivity index (χ0n) is 9.61. The molecule has 2 heterocycles. The second-order valence-electron chi connectivity index (χ2n) is 4.67. The van der Waals surface area contributed by atoms with E-state index in [9.17, 15) is 5.11 Å². The van der Waals surface area contributed by atoms with Crippen LogP contribution >= 0.6 is 0 Å². The molecule has 3 heteroatoms. The fourth-order valence-electron chi connectivity index (χ4n) is 2.67. The lowest BCUT2D eigenvalue weighted by molar-refractivity contribution is 0.0665. The summed E-state index contributed by atoms with van der Waals surface area (Å²) in [5, 5.41) is 10.6. The first-order valence-electron chi connectivity index (χ1n) is 5.99. The van der Waals surface area contributed by atoms with Gasteiger partial charge in [0, 0.05) is 5.56 Å². The molecule has 0 unspecified atom stereocenters. The molecule has 2 aromatic rings. The summed E-state index contributed by atoms with van der Waals surface area (Å²) < 4.78 is 11.4. The van der Waals surface area contributed by atoms with Crippen molar-refractivity contribution in [2.75, 3.05) is 0 Å². The lowest BCUT2D eigenvalue weighted by atomic mass is 9.87. The summed E-state index contributed by atoms with van der Waals surface area (Å²) >= 11 is 0. The third-order valence-corrected chi connectivity index (χ3v) is 3.67. The molecule has 0 saturated carbocycles. The van der Waals surface area contributed by atoms with Gasteiger partial charge in [-0.25, -0.2) is 0 Å². The van der Waals surface area contributed by atoms with Crippen LogP contribution in [-0.2, 0) is 10.3 Å². The number of hydrogen-bond donors (Lipinski definition) is 1. The Morgan fingerprint density at radius 3 is 2.50 bits per heavy atom. The largest absolute Gasteiger partial charge is 0.461 e. The van der Waals surface area contributed by atoms with E-state index in [1.807, 2.05) is 54.6 Å². The molecule has 3 atom stereocenters. The normalized spacial score (nSPS) is 32.1. The highest BCUT2D eigenvalue weighted by Gasteiger charge is 2.68. The van der Waals surface area contributed by atoms with Crippen LogP contribution in [-0.4, -0.2) is 11.4 Å². The van der Waals surface area contributed by atoms with Gasteiger partial charge in [0.05, 0.1) is 0 Å². The Morgan fingerprint density at radius 2 is 1.67 bits per heavy atom. The van der Waals surface area contributed by atoms with Gasteiger partial charge in [0.2, 0.25) is 6.29 Å². The minimum Gasteiger partial charge on any atom is -0.461 e. The number of ether oxygens (including phenoxy) is 2. The van der Waals surface area contributed by atoms with E-state index in [1.54, 1.807) is 0 Å². The Morgan fingerprint density at radius 1 is 0.944 bits per heavy atom. The molecule has 1 fully saturated rings. The summed E-state index contributed by atoms with van der Waals surface area (Å²) in [5.74, 6) is 0.707. The number of benzene rings is 2. The molecular formula is C15H12O3. The first kappa shape index (κ1) is 10.1. The van der Waals surface area contributed by atoms with Crippen molar-refractivity contribution in [3.63, 3.8) is 0 Å². The lowest BCUT2D eigenvalue weighted by Crippen LogP contribution is -2.29. The van der Waals surface area contributed by atoms with Crippen LogP contribution in [0.15, 0.2) is 54.6 Å². The Hall–Kier alpha value is -1.84. The van der Waals surface area contributed by atoms with Gasteiger partial charge in [-0.15, -0.1) is 0 Å². The number of fused-ring (bicyclic) bond motifs is 2. The maximum Gasteiger partial charge on any atom is 0.237 e. The summed E-state index contributed by atoms with van der Waals surface area (Å²) in [6.45, 7) is 0. The van der Waals surface area contributed by atoms with E-state index in [0.29, 0.717) is 5.75 Å². The lowest BCUT2D eigenvalue weighted by Gasteiger charge is -2.26. The molecule has 1 saturated heterocycles. The quantitative estimate of drug-likeness (QED) is 0.778. The summed E-state index contributed by atoms with van der Waals surface area (Å²) in [6.07, 6.45) is -1.07. The van der Waals surface area contributed by atoms with Crippen LogP contribution in [0.25, 0.3) is 0 Å². The molecule has 1 N–H and O–H groups in total. The molecule has 0 bridgehead atoms. The molecular weight excluding hydrogens is 228 g/mol. The van der Waals surface area contributed by atoms with Gasteiger partial charge in [0.15, 0.2) is 5.60 Å². The van der Waals surface area contributed by atoms with Gasteiger partial charge in [0.1, 0.15) is 11.9 Å². The van der Waals surface area contributed by atoms with Crippen molar-refractivity contribution in [1.29, 1.82) is 0 Å². The molecule has 4 rings (SSSR count). The van der Waals surface area contributed by atoms with E-state index in [-0.39, 0.29) is 6.29 Å².